The lowest BCUT2D eigenvalue weighted by Crippen LogP contribution is -2.43. The fraction of sp³-hybridized carbons (Fsp3) is 0.257. The summed E-state index contributed by atoms with van der Waals surface area (Å²) in [5, 5.41) is 9.72. The Morgan fingerprint density at radius 1 is 0.721 bits per heavy atom. The van der Waals surface area contributed by atoms with E-state index in [1.54, 1.807) is 60.7 Å². The van der Waals surface area contributed by atoms with Crippen molar-refractivity contribution in [1.29, 1.82) is 0 Å². The highest BCUT2D eigenvalue weighted by Crippen LogP contribution is 2.58. The second-order valence-electron chi connectivity index (χ2n) is 11.6. The Labute approximate surface area is 248 Å². The van der Waals surface area contributed by atoms with Gasteiger partial charge in [0.15, 0.2) is 0 Å². The summed E-state index contributed by atoms with van der Waals surface area (Å²) in [7, 11) is 0. The molecular weight excluding hydrogens is 544 g/mol. The lowest BCUT2D eigenvalue weighted by atomic mass is 9.58. The number of rotatable bonds is 6. The van der Waals surface area contributed by atoms with Gasteiger partial charge in [-0.3, -0.25) is 29.0 Å². The largest absolute Gasteiger partial charge is 0.463 e. The van der Waals surface area contributed by atoms with E-state index in [-0.39, 0.29) is 36.7 Å². The minimum atomic E-state index is -0.738. The van der Waals surface area contributed by atoms with E-state index in [1.807, 2.05) is 18.2 Å². The Bertz CT molecular complexity index is 1720. The standard InChI is InChI=1S/C35H30N2O6/c1-3-19-5-9-21(10-6-19)36-32(39)25-15-14-24-26(29(25)34(36)41)17-27-31(30(24)28-16-13-23(18-38)43-28)35(42)37(33(27)40)22-11-7-20(4-2)8-12-22/h3-14,16,25-27,29-31,38H,1-2,15,17-18H2. The minimum Gasteiger partial charge on any atom is -0.463 e. The first kappa shape index (κ1) is 27.0. The Morgan fingerprint density at radius 2 is 1.28 bits per heavy atom. The molecule has 2 saturated heterocycles. The molecule has 2 aliphatic heterocycles. The predicted molar refractivity (Wildman–Crippen MR) is 160 cm³/mol. The van der Waals surface area contributed by atoms with Crippen molar-refractivity contribution in [2.24, 2.45) is 29.6 Å². The second kappa shape index (κ2) is 10.2. The number of carbonyl (C=O) groups is 4. The molecule has 6 unspecified atom stereocenters. The van der Waals surface area contributed by atoms with E-state index in [1.165, 1.54) is 9.80 Å². The Balaban J connectivity index is 1.30. The van der Waals surface area contributed by atoms with E-state index in [0.29, 0.717) is 29.3 Å². The summed E-state index contributed by atoms with van der Waals surface area (Å²) in [6.45, 7) is 7.23. The van der Waals surface area contributed by atoms with Crippen LogP contribution in [0.1, 0.15) is 41.4 Å². The molecule has 3 aromatic rings. The number of hydrogen-bond acceptors (Lipinski definition) is 6. The highest BCUT2D eigenvalue weighted by molar-refractivity contribution is 6.24. The molecule has 3 fully saturated rings. The molecule has 0 spiro atoms. The average molecular weight is 575 g/mol. The lowest BCUT2D eigenvalue weighted by molar-refractivity contribution is -0.126. The van der Waals surface area contributed by atoms with Crippen molar-refractivity contribution in [3.63, 3.8) is 0 Å². The molecule has 0 radical (unpaired) electrons. The van der Waals surface area contributed by atoms with E-state index >= 15 is 0 Å². The molecule has 1 N–H and O–H groups in total. The number of carbonyl (C=O) groups excluding carboxylic acids is 4. The van der Waals surface area contributed by atoms with Gasteiger partial charge in [-0.2, -0.15) is 0 Å². The number of aliphatic hydroxyl groups excluding tert-OH is 1. The van der Waals surface area contributed by atoms with E-state index in [9.17, 15) is 24.3 Å². The lowest BCUT2D eigenvalue weighted by Gasteiger charge is -2.43. The maximum absolute atomic E-state index is 14.1. The Hall–Kier alpha value is -4.82. The number of anilines is 2. The predicted octanol–water partition coefficient (Wildman–Crippen LogP) is 5.10. The molecule has 2 aliphatic carbocycles. The van der Waals surface area contributed by atoms with E-state index < -0.39 is 35.5 Å². The summed E-state index contributed by atoms with van der Waals surface area (Å²) >= 11 is 0. The van der Waals surface area contributed by atoms with Crippen LogP contribution in [0, 0.1) is 29.6 Å². The number of nitrogens with zero attached hydrogens (tertiary/aromatic N) is 2. The van der Waals surface area contributed by atoms with Crippen LogP contribution < -0.4 is 9.80 Å². The van der Waals surface area contributed by atoms with E-state index in [2.05, 4.69) is 13.2 Å². The van der Waals surface area contributed by atoms with Gasteiger partial charge < -0.3 is 9.52 Å². The SMILES string of the molecule is C=Cc1ccc(N2C(=O)C3CC=C4C(CC5C(=O)N(c6ccc(C=C)cc6)C(=O)C5C4c4ccc(CO)o4)C3C2=O)cc1. The number of fused-ring (bicyclic) bond motifs is 4. The normalized spacial score (nSPS) is 28.0. The molecule has 216 valence electrons. The molecule has 6 atom stereocenters. The van der Waals surface area contributed by atoms with Gasteiger partial charge >= 0.3 is 0 Å². The number of imide groups is 2. The van der Waals surface area contributed by atoms with Crippen LogP contribution in [0.25, 0.3) is 12.2 Å². The van der Waals surface area contributed by atoms with Gasteiger partial charge in [-0.1, -0.05) is 61.2 Å². The first-order valence-electron chi connectivity index (χ1n) is 14.5. The molecule has 1 aromatic heterocycles. The van der Waals surface area contributed by atoms with Gasteiger partial charge in [-0.05, 0) is 66.3 Å². The van der Waals surface area contributed by atoms with Crippen LogP contribution in [0.4, 0.5) is 11.4 Å². The first-order chi connectivity index (χ1) is 20.9. The summed E-state index contributed by atoms with van der Waals surface area (Å²) in [6.07, 6.45) is 5.98. The molecule has 3 heterocycles. The molecule has 1 saturated carbocycles. The fourth-order valence-corrected chi connectivity index (χ4v) is 7.58. The Morgan fingerprint density at radius 3 is 1.81 bits per heavy atom. The van der Waals surface area contributed by atoms with Crippen molar-refractivity contribution >= 4 is 47.2 Å². The number of benzene rings is 2. The summed E-state index contributed by atoms with van der Waals surface area (Å²) < 4.78 is 6.00. The molecular formula is C35H30N2O6. The summed E-state index contributed by atoms with van der Waals surface area (Å²) in [6, 6.07) is 17.6. The maximum Gasteiger partial charge on any atom is 0.238 e. The average Bonchev–Trinajstić information content (AvgIpc) is 3.69. The van der Waals surface area contributed by atoms with Crippen LogP contribution in [-0.2, 0) is 25.8 Å². The van der Waals surface area contributed by atoms with Crippen LogP contribution in [0.5, 0.6) is 0 Å². The van der Waals surface area contributed by atoms with E-state index in [4.69, 9.17) is 4.42 Å². The zero-order valence-corrected chi connectivity index (χ0v) is 23.4. The van der Waals surface area contributed by atoms with Crippen molar-refractivity contribution in [2.45, 2.75) is 25.4 Å². The van der Waals surface area contributed by atoms with Gasteiger partial charge in [0.05, 0.1) is 41.0 Å². The molecule has 7 rings (SSSR count). The molecule has 2 aromatic carbocycles. The van der Waals surface area contributed by atoms with Gasteiger partial charge in [0.25, 0.3) is 0 Å². The quantitative estimate of drug-likeness (QED) is 0.324. The zero-order valence-electron chi connectivity index (χ0n) is 23.4. The Kier molecular flexibility index (Phi) is 6.39. The van der Waals surface area contributed by atoms with Crippen molar-refractivity contribution in [1.82, 2.24) is 0 Å². The zero-order chi connectivity index (χ0) is 30.0. The molecule has 4 aliphatic rings. The maximum atomic E-state index is 14.1. The smallest absolute Gasteiger partial charge is 0.238 e. The molecule has 4 amide bonds. The third-order valence-corrected chi connectivity index (χ3v) is 9.57. The van der Waals surface area contributed by atoms with Gasteiger partial charge in [-0.25, -0.2) is 0 Å². The van der Waals surface area contributed by atoms with Crippen LogP contribution >= 0.6 is 0 Å². The summed E-state index contributed by atoms with van der Waals surface area (Å²) in [5.41, 5.74) is 3.55. The van der Waals surface area contributed by atoms with Gasteiger partial charge in [-0.15, -0.1) is 0 Å². The monoisotopic (exact) mass is 574 g/mol. The van der Waals surface area contributed by atoms with Gasteiger partial charge in [0.1, 0.15) is 18.1 Å². The van der Waals surface area contributed by atoms with Crippen LogP contribution in [-0.4, -0.2) is 28.7 Å². The summed E-state index contributed by atoms with van der Waals surface area (Å²) in [4.78, 5) is 58.4. The van der Waals surface area contributed by atoms with Crippen molar-refractivity contribution in [2.75, 3.05) is 9.80 Å². The number of amides is 4. The fourth-order valence-electron chi connectivity index (χ4n) is 7.58. The third-order valence-electron chi connectivity index (χ3n) is 9.57. The topological polar surface area (TPSA) is 108 Å². The van der Waals surface area contributed by atoms with E-state index in [0.717, 1.165) is 16.7 Å². The van der Waals surface area contributed by atoms with Crippen molar-refractivity contribution < 1.29 is 28.7 Å². The molecule has 0 bridgehead atoms. The number of aliphatic hydroxyl groups is 1. The van der Waals surface area contributed by atoms with Crippen molar-refractivity contribution in [3.05, 3.63) is 108 Å². The number of allylic oxidation sites excluding steroid dienone is 2. The summed E-state index contributed by atoms with van der Waals surface area (Å²) in [5.74, 6) is -4.09. The second-order valence-corrected chi connectivity index (χ2v) is 11.6. The highest BCUT2D eigenvalue weighted by Gasteiger charge is 2.62. The molecule has 43 heavy (non-hydrogen) atoms. The van der Waals surface area contributed by atoms with Crippen LogP contribution in [0.3, 0.4) is 0 Å². The third kappa shape index (κ3) is 4.01. The van der Waals surface area contributed by atoms with Crippen LogP contribution in [0.2, 0.25) is 0 Å². The van der Waals surface area contributed by atoms with Gasteiger partial charge in [0.2, 0.25) is 23.6 Å². The molecule has 8 heteroatoms. The van der Waals surface area contributed by atoms with Gasteiger partial charge in [0, 0.05) is 0 Å². The molecule has 8 nitrogen and oxygen atoms in total. The first-order valence-corrected chi connectivity index (χ1v) is 14.5. The van der Waals surface area contributed by atoms with Crippen molar-refractivity contribution in [3.8, 4) is 0 Å². The number of furan rings is 1. The van der Waals surface area contributed by atoms with Crippen LogP contribution in [0.15, 0.2) is 89.9 Å². The number of hydrogen-bond donors (Lipinski definition) is 1. The highest BCUT2D eigenvalue weighted by atomic mass is 16.4. The minimum absolute atomic E-state index is 0.256.